The van der Waals surface area contributed by atoms with E-state index < -0.39 is 5.54 Å². The van der Waals surface area contributed by atoms with Crippen molar-refractivity contribution in [2.24, 2.45) is 0 Å². The lowest BCUT2D eigenvalue weighted by Gasteiger charge is -2.31. The number of methoxy groups -OCH3 is 1. The third kappa shape index (κ3) is 4.71. The number of hydrogen-bond acceptors (Lipinski definition) is 4. The molecule has 1 aromatic rings. The van der Waals surface area contributed by atoms with Crippen LogP contribution in [0.2, 0.25) is 0 Å². The maximum Gasteiger partial charge on any atom is 0.325 e. The van der Waals surface area contributed by atoms with E-state index in [2.05, 4.69) is 5.32 Å². The van der Waals surface area contributed by atoms with E-state index in [-0.39, 0.29) is 30.4 Å². The second-order valence-corrected chi connectivity index (χ2v) is 8.34. The van der Waals surface area contributed by atoms with Crippen LogP contribution >= 0.6 is 0 Å². The standard InChI is InChI=1S/C22H31N3O4/c1-22(2)20(27)25(21(28)23-22)15-7-9-19(26)24-14-6-4-5-8-18(24)16-10-12-17(29-3)13-11-16/h10-13,18H,4-9,14-15H2,1-3H3,(H,23,28)/t18-/m1/s1. The summed E-state index contributed by atoms with van der Waals surface area (Å²) >= 11 is 0. The van der Waals surface area contributed by atoms with E-state index in [1.807, 2.05) is 29.2 Å². The highest BCUT2D eigenvalue weighted by molar-refractivity contribution is 6.06. The summed E-state index contributed by atoms with van der Waals surface area (Å²) in [5, 5.41) is 2.67. The average molecular weight is 402 g/mol. The fraction of sp³-hybridized carbons (Fsp3) is 0.591. The van der Waals surface area contributed by atoms with E-state index in [9.17, 15) is 14.4 Å². The summed E-state index contributed by atoms with van der Waals surface area (Å²) in [5.74, 6) is 0.650. The Labute approximate surface area is 172 Å². The summed E-state index contributed by atoms with van der Waals surface area (Å²) in [5.41, 5.74) is 0.252. The molecule has 29 heavy (non-hydrogen) atoms. The van der Waals surface area contributed by atoms with Crippen LogP contribution in [-0.4, -0.2) is 53.4 Å². The summed E-state index contributed by atoms with van der Waals surface area (Å²) in [7, 11) is 1.64. The largest absolute Gasteiger partial charge is 0.497 e. The van der Waals surface area contributed by atoms with Crippen molar-refractivity contribution in [3.8, 4) is 5.75 Å². The highest BCUT2D eigenvalue weighted by Crippen LogP contribution is 2.32. The first-order valence-corrected chi connectivity index (χ1v) is 10.4. The van der Waals surface area contributed by atoms with Gasteiger partial charge in [0.1, 0.15) is 11.3 Å². The number of carbonyl (C=O) groups excluding carboxylic acids is 3. The molecule has 158 valence electrons. The van der Waals surface area contributed by atoms with E-state index in [1.165, 1.54) is 4.90 Å². The number of likely N-dealkylation sites (tertiary alicyclic amines) is 1. The van der Waals surface area contributed by atoms with Crippen molar-refractivity contribution in [2.75, 3.05) is 20.2 Å². The average Bonchev–Trinajstić information content (AvgIpc) is 2.89. The molecule has 1 aromatic carbocycles. The molecule has 7 nitrogen and oxygen atoms in total. The number of imide groups is 1. The molecule has 1 N–H and O–H groups in total. The molecule has 2 aliphatic heterocycles. The van der Waals surface area contributed by atoms with Gasteiger partial charge in [-0.05, 0) is 50.8 Å². The zero-order valence-corrected chi connectivity index (χ0v) is 17.6. The summed E-state index contributed by atoms with van der Waals surface area (Å²) < 4.78 is 5.24. The fourth-order valence-corrected chi connectivity index (χ4v) is 4.13. The van der Waals surface area contributed by atoms with Gasteiger partial charge in [0, 0.05) is 19.5 Å². The van der Waals surface area contributed by atoms with Gasteiger partial charge in [-0.25, -0.2) is 4.79 Å². The second kappa shape index (κ2) is 8.84. The summed E-state index contributed by atoms with van der Waals surface area (Å²) in [6, 6.07) is 7.61. The van der Waals surface area contributed by atoms with Crippen molar-refractivity contribution >= 4 is 17.8 Å². The molecule has 0 radical (unpaired) electrons. The number of carbonyl (C=O) groups is 3. The Balaban J connectivity index is 1.62. The number of urea groups is 1. The topological polar surface area (TPSA) is 79.0 Å². The van der Waals surface area contributed by atoms with Crippen LogP contribution < -0.4 is 10.1 Å². The second-order valence-electron chi connectivity index (χ2n) is 8.34. The molecule has 0 saturated carbocycles. The van der Waals surface area contributed by atoms with Crippen molar-refractivity contribution in [3.63, 3.8) is 0 Å². The normalized spacial score (nSPS) is 21.7. The van der Waals surface area contributed by atoms with Crippen molar-refractivity contribution < 1.29 is 19.1 Å². The number of nitrogens with zero attached hydrogens (tertiary/aromatic N) is 2. The molecule has 1 atom stereocenters. The van der Waals surface area contributed by atoms with E-state index in [1.54, 1.807) is 21.0 Å². The maximum absolute atomic E-state index is 13.0. The zero-order valence-electron chi connectivity index (χ0n) is 17.6. The maximum atomic E-state index is 13.0. The Morgan fingerprint density at radius 3 is 2.52 bits per heavy atom. The molecule has 0 unspecified atom stereocenters. The Morgan fingerprint density at radius 1 is 1.17 bits per heavy atom. The van der Waals surface area contributed by atoms with Gasteiger partial charge < -0.3 is 15.0 Å². The van der Waals surface area contributed by atoms with Gasteiger partial charge in [0.2, 0.25) is 5.91 Å². The summed E-state index contributed by atoms with van der Waals surface area (Å²) in [6.45, 7) is 4.39. The van der Waals surface area contributed by atoms with Crippen molar-refractivity contribution in [1.29, 1.82) is 0 Å². The lowest BCUT2D eigenvalue weighted by molar-refractivity contribution is -0.135. The van der Waals surface area contributed by atoms with Gasteiger partial charge in [-0.15, -0.1) is 0 Å². The summed E-state index contributed by atoms with van der Waals surface area (Å²) in [4.78, 5) is 40.5. The zero-order chi connectivity index (χ0) is 21.0. The molecule has 7 heteroatoms. The third-order valence-electron chi connectivity index (χ3n) is 5.79. The van der Waals surface area contributed by atoms with Crippen LogP contribution in [-0.2, 0) is 9.59 Å². The van der Waals surface area contributed by atoms with Crippen LogP contribution in [0.3, 0.4) is 0 Å². The first kappa shape index (κ1) is 21.1. The number of hydrogen-bond donors (Lipinski definition) is 1. The van der Waals surface area contributed by atoms with E-state index in [0.717, 1.165) is 43.5 Å². The van der Waals surface area contributed by atoms with Gasteiger partial charge in [-0.2, -0.15) is 0 Å². The minimum atomic E-state index is -0.870. The van der Waals surface area contributed by atoms with Crippen LogP contribution in [0.4, 0.5) is 4.79 Å². The predicted octanol–water partition coefficient (Wildman–Crippen LogP) is 3.25. The molecule has 0 aliphatic carbocycles. The molecule has 4 amide bonds. The fourth-order valence-electron chi connectivity index (χ4n) is 4.13. The van der Waals surface area contributed by atoms with Gasteiger partial charge in [-0.1, -0.05) is 25.0 Å². The number of ether oxygens (including phenoxy) is 1. The first-order valence-electron chi connectivity index (χ1n) is 10.4. The highest BCUT2D eigenvalue weighted by Gasteiger charge is 2.43. The molecule has 2 aliphatic rings. The van der Waals surface area contributed by atoms with Crippen molar-refractivity contribution in [3.05, 3.63) is 29.8 Å². The Bertz CT molecular complexity index is 760. The lowest BCUT2D eigenvalue weighted by atomic mass is 10.00. The molecule has 2 saturated heterocycles. The molecule has 2 heterocycles. The predicted molar refractivity (Wildman–Crippen MR) is 109 cm³/mol. The Hall–Kier alpha value is -2.57. The number of rotatable bonds is 6. The smallest absolute Gasteiger partial charge is 0.325 e. The SMILES string of the molecule is COc1ccc([C@H]2CCCCCN2C(=O)CCCN2C(=O)NC(C)(C)C2=O)cc1. The van der Waals surface area contributed by atoms with Crippen LogP contribution in [0.1, 0.15) is 64.0 Å². The summed E-state index contributed by atoms with van der Waals surface area (Å²) in [6.07, 6.45) is 4.95. The highest BCUT2D eigenvalue weighted by atomic mass is 16.5. The number of nitrogens with one attached hydrogen (secondary N) is 1. The van der Waals surface area contributed by atoms with E-state index >= 15 is 0 Å². The number of benzene rings is 1. The molecule has 0 bridgehead atoms. The Morgan fingerprint density at radius 2 is 1.90 bits per heavy atom. The van der Waals surface area contributed by atoms with Crippen LogP contribution in [0.15, 0.2) is 24.3 Å². The van der Waals surface area contributed by atoms with Gasteiger partial charge >= 0.3 is 6.03 Å². The van der Waals surface area contributed by atoms with Crippen molar-refractivity contribution in [1.82, 2.24) is 15.1 Å². The van der Waals surface area contributed by atoms with E-state index in [4.69, 9.17) is 4.74 Å². The third-order valence-corrected chi connectivity index (χ3v) is 5.79. The minimum absolute atomic E-state index is 0.0616. The van der Waals surface area contributed by atoms with Crippen LogP contribution in [0.5, 0.6) is 5.75 Å². The lowest BCUT2D eigenvalue weighted by Crippen LogP contribution is -2.40. The quantitative estimate of drug-likeness (QED) is 0.742. The van der Waals surface area contributed by atoms with Gasteiger partial charge in [0.25, 0.3) is 5.91 Å². The van der Waals surface area contributed by atoms with Crippen molar-refractivity contribution in [2.45, 2.75) is 64.0 Å². The Kier molecular flexibility index (Phi) is 6.45. The van der Waals surface area contributed by atoms with E-state index in [0.29, 0.717) is 12.8 Å². The monoisotopic (exact) mass is 401 g/mol. The molecular formula is C22H31N3O4. The number of amides is 4. The van der Waals surface area contributed by atoms with Crippen LogP contribution in [0.25, 0.3) is 0 Å². The molecule has 0 spiro atoms. The van der Waals surface area contributed by atoms with Gasteiger partial charge in [-0.3, -0.25) is 14.5 Å². The minimum Gasteiger partial charge on any atom is -0.497 e. The van der Waals surface area contributed by atoms with Crippen LogP contribution in [0, 0.1) is 0 Å². The molecule has 2 fully saturated rings. The molecular weight excluding hydrogens is 370 g/mol. The molecule has 0 aromatic heterocycles. The van der Waals surface area contributed by atoms with Gasteiger partial charge in [0.05, 0.1) is 13.2 Å². The van der Waals surface area contributed by atoms with Gasteiger partial charge in [0.15, 0.2) is 0 Å². The molecule has 3 rings (SSSR count). The first-order chi connectivity index (χ1) is 13.8.